The Kier molecular flexibility index (Phi) is 3.55. The van der Waals surface area contributed by atoms with E-state index in [0.29, 0.717) is 12.2 Å². The van der Waals surface area contributed by atoms with E-state index in [1.54, 1.807) is 25.2 Å². The van der Waals surface area contributed by atoms with Crippen LogP contribution in [0.15, 0.2) is 18.3 Å². The monoisotopic (exact) mass is 249 g/mol. The van der Waals surface area contributed by atoms with Gasteiger partial charge in [-0.25, -0.2) is 9.78 Å². The van der Waals surface area contributed by atoms with Gasteiger partial charge in [-0.1, -0.05) is 0 Å². The number of anilines is 2. The summed E-state index contributed by atoms with van der Waals surface area (Å²) >= 11 is 0. The molecule has 0 bridgehead atoms. The van der Waals surface area contributed by atoms with E-state index in [1.807, 2.05) is 17.0 Å². The average Bonchev–Trinajstić information content (AvgIpc) is 2.79. The predicted molar refractivity (Wildman–Crippen MR) is 71.3 cm³/mol. The van der Waals surface area contributed by atoms with E-state index in [0.717, 1.165) is 18.8 Å². The Hall–Kier alpha value is -1.98. The fourth-order valence-electron chi connectivity index (χ4n) is 2.03. The minimum atomic E-state index is 0.0598. The Morgan fingerprint density at radius 3 is 2.94 bits per heavy atom. The highest BCUT2D eigenvalue weighted by Gasteiger charge is 2.27. The van der Waals surface area contributed by atoms with E-state index < -0.39 is 0 Å². The summed E-state index contributed by atoms with van der Waals surface area (Å²) in [6.07, 6.45) is 2.56. The molecule has 0 spiro atoms. The lowest BCUT2D eigenvalue weighted by molar-refractivity contribution is 0.181. The molecule has 2 rings (SSSR count). The molecule has 1 aromatic rings. The van der Waals surface area contributed by atoms with Crippen molar-refractivity contribution < 1.29 is 4.79 Å². The van der Waals surface area contributed by atoms with Crippen LogP contribution in [0.4, 0.5) is 16.3 Å². The van der Waals surface area contributed by atoms with Gasteiger partial charge >= 0.3 is 6.03 Å². The molecule has 18 heavy (non-hydrogen) atoms. The molecule has 98 valence electrons. The van der Waals surface area contributed by atoms with Gasteiger partial charge in [0.2, 0.25) is 0 Å². The van der Waals surface area contributed by atoms with Crippen LogP contribution in [0.5, 0.6) is 0 Å². The average molecular weight is 249 g/mol. The maximum absolute atomic E-state index is 11.8. The third kappa shape index (κ3) is 2.82. The van der Waals surface area contributed by atoms with E-state index in [9.17, 15) is 4.79 Å². The lowest BCUT2D eigenvalue weighted by Crippen LogP contribution is -2.38. The molecule has 0 unspecified atom stereocenters. The molecule has 6 heteroatoms. The number of rotatable bonds is 2. The third-order valence-corrected chi connectivity index (χ3v) is 2.98. The molecular weight excluding hydrogens is 230 g/mol. The first-order valence-electron chi connectivity index (χ1n) is 6.00. The van der Waals surface area contributed by atoms with Crippen LogP contribution in [-0.4, -0.2) is 54.0 Å². The van der Waals surface area contributed by atoms with Crippen molar-refractivity contribution in [2.24, 2.45) is 0 Å². The maximum atomic E-state index is 11.8. The maximum Gasteiger partial charge on any atom is 0.319 e. The van der Waals surface area contributed by atoms with Gasteiger partial charge in [-0.2, -0.15) is 0 Å². The third-order valence-electron chi connectivity index (χ3n) is 2.98. The van der Waals surface area contributed by atoms with Gasteiger partial charge in [0.05, 0.1) is 11.9 Å². The van der Waals surface area contributed by atoms with Gasteiger partial charge in [-0.15, -0.1) is 0 Å². The van der Waals surface area contributed by atoms with Crippen molar-refractivity contribution in [1.29, 1.82) is 0 Å². The van der Waals surface area contributed by atoms with Crippen molar-refractivity contribution in [2.45, 2.75) is 12.5 Å². The van der Waals surface area contributed by atoms with Crippen LogP contribution in [0.1, 0.15) is 6.42 Å². The quantitative estimate of drug-likeness (QED) is 0.814. The van der Waals surface area contributed by atoms with Crippen LogP contribution in [0.3, 0.4) is 0 Å². The molecule has 2 heterocycles. The number of aromatic nitrogens is 1. The topological polar surface area (TPSA) is 74.5 Å². The lowest BCUT2D eigenvalue weighted by atomic mass is 10.2. The number of nitrogens with zero attached hydrogens (tertiary/aromatic N) is 3. The van der Waals surface area contributed by atoms with E-state index in [4.69, 9.17) is 5.73 Å². The Balaban J connectivity index is 1.90. The van der Waals surface area contributed by atoms with Crippen molar-refractivity contribution in [2.75, 3.05) is 38.2 Å². The molecule has 1 aliphatic heterocycles. The van der Waals surface area contributed by atoms with Crippen LogP contribution < -0.4 is 11.1 Å². The van der Waals surface area contributed by atoms with Crippen molar-refractivity contribution in [3.8, 4) is 0 Å². The van der Waals surface area contributed by atoms with Crippen molar-refractivity contribution in [3.05, 3.63) is 18.3 Å². The standard InChI is InChI=1S/C12H19N5O/c1-16(2)12(18)17-6-5-10(8-17)15-11-4-3-9(13)7-14-11/h3-4,7,10H,5-6,8,13H2,1-2H3,(H,14,15)/t10-/m0/s1. The summed E-state index contributed by atoms with van der Waals surface area (Å²) in [4.78, 5) is 19.4. The smallest absolute Gasteiger partial charge is 0.319 e. The van der Waals surface area contributed by atoms with E-state index >= 15 is 0 Å². The minimum absolute atomic E-state index is 0.0598. The highest BCUT2D eigenvalue weighted by molar-refractivity contribution is 5.74. The number of nitrogen functional groups attached to an aromatic ring is 1. The Morgan fingerprint density at radius 2 is 2.33 bits per heavy atom. The first-order chi connectivity index (χ1) is 8.56. The number of carbonyl (C=O) groups excluding carboxylic acids is 1. The number of urea groups is 1. The van der Waals surface area contributed by atoms with Crippen LogP contribution >= 0.6 is 0 Å². The molecule has 1 aromatic heterocycles. The van der Waals surface area contributed by atoms with E-state index in [1.165, 1.54) is 0 Å². The van der Waals surface area contributed by atoms with Crippen LogP contribution in [-0.2, 0) is 0 Å². The van der Waals surface area contributed by atoms with Gasteiger partial charge in [-0.3, -0.25) is 0 Å². The first-order valence-corrected chi connectivity index (χ1v) is 6.00. The van der Waals surface area contributed by atoms with Crippen LogP contribution in [0.25, 0.3) is 0 Å². The second-order valence-electron chi connectivity index (χ2n) is 4.73. The summed E-state index contributed by atoms with van der Waals surface area (Å²) in [6.45, 7) is 1.49. The second-order valence-corrected chi connectivity index (χ2v) is 4.73. The highest BCUT2D eigenvalue weighted by atomic mass is 16.2. The highest BCUT2D eigenvalue weighted by Crippen LogP contribution is 2.15. The SMILES string of the molecule is CN(C)C(=O)N1CC[C@H](Nc2ccc(N)cn2)C1. The van der Waals surface area contributed by atoms with Crippen molar-refractivity contribution >= 4 is 17.5 Å². The fraction of sp³-hybridized carbons (Fsp3) is 0.500. The lowest BCUT2D eigenvalue weighted by Gasteiger charge is -2.21. The molecule has 3 N–H and O–H groups in total. The molecule has 2 amide bonds. The van der Waals surface area contributed by atoms with Gasteiger partial charge in [0, 0.05) is 33.2 Å². The summed E-state index contributed by atoms with van der Waals surface area (Å²) in [5, 5.41) is 3.31. The van der Waals surface area contributed by atoms with Gasteiger partial charge in [0.1, 0.15) is 5.82 Å². The summed E-state index contributed by atoms with van der Waals surface area (Å²) in [7, 11) is 3.54. The molecule has 1 saturated heterocycles. The zero-order valence-corrected chi connectivity index (χ0v) is 10.8. The Labute approximate surface area is 107 Å². The number of carbonyl (C=O) groups is 1. The predicted octanol–water partition coefficient (Wildman–Crippen LogP) is 0.832. The van der Waals surface area contributed by atoms with Crippen LogP contribution in [0, 0.1) is 0 Å². The summed E-state index contributed by atoms with van der Waals surface area (Å²) in [5.74, 6) is 0.799. The minimum Gasteiger partial charge on any atom is -0.397 e. The number of amides is 2. The molecule has 0 radical (unpaired) electrons. The molecule has 1 aliphatic rings. The number of hydrogen-bond donors (Lipinski definition) is 2. The van der Waals surface area contributed by atoms with Crippen molar-refractivity contribution in [3.63, 3.8) is 0 Å². The summed E-state index contributed by atoms with van der Waals surface area (Å²) < 4.78 is 0. The second kappa shape index (κ2) is 5.12. The normalized spacial score (nSPS) is 18.8. The van der Waals surface area contributed by atoms with Crippen molar-refractivity contribution in [1.82, 2.24) is 14.8 Å². The van der Waals surface area contributed by atoms with Gasteiger partial charge in [0.25, 0.3) is 0 Å². The largest absolute Gasteiger partial charge is 0.397 e. The molecule has 0 aliphatic carbocycles. The zero-order valence-electron chi connectivity index (χ0n) is 10.8. The fourth-order valence-corrected chi connectivity index (χ4v) is 2.03. The van der Waals surface area contributed by atoms with E-state index in [-0.39, 0.29) is 12.1 Å². The number of nitrogens with one attached hydrogen (secondary N) is 1. The first kappa shape index (κ1) is 12.5. The summed E-state index contributed by atoms with van der Waals surface area (Å²) in [6, 6.07) is 3.98. The van der Waals surface area contributed by atoms with Gasteiger partial charge in [0.15, 0.2) is 0 Å². The number of nitrogens with two attached hydrogens (primary N) is 1. The van der Waals surface area contributed by atoms with Gasteiger partial charge < -0.3 is 20.9 Å². The zero-order chi connectivity index (χ0) is 13.1. The molecule has 1 fully saturated rings. The molecule has 1 atom stereocenters. The van der Waals surface area contributed by atoms with Crippen LogP contribution in [0.2, 0.25) is 0 Å². The summed E-state index contributed by atoms with van der Waals surface area (Å²) in [5.41, 5.74) is 6.23. The molecule has 0 saturated carbocycles. The van der Waals surface area contributed by atoms with Gasteiger partial charge in [-0.05, 0) is 18.6 Å². The van der Waals surface area contributed by atoms with E-state index in [2.05, 4.69) is 10.3 Å². The number of likely N-dealkylation sites (tertiary alicyclic amines) is 1. The number of pyridine rings is 1. The Morgan fingerprint density at radius 1 is 1.56 bits per heavy atom. The Bertz CT molecular complexity index is 417. The molecule has 0 aromatic carbocycles. The number of hydrogen-bond acceptors (Lipinski definition) is 4. The molecular formula is C12H19N5O. The molecule has 6 nitrogen and oxygen atoms in total.